The van der Waals surface area contributed by atoms with E-state index in [0.29, 0.717) is 5.56 Å². The molecule has 0 aliphatic rings. The Morgan fingerprint density at radius 2 is 1.70 bits per heavy atom. The summed E-state index contributed by atoms with van der Waals surface area (Å²) in [5.41, 5.74) is 6.43. The molecule has 0 saturated heterocycles. The average molecular weight is 464 g/mol. The van der Waals surface area contributed by atoms with Gasteiger partial charge >= 0.3 is 12.1 Å². The zero-order valence-electron chi connectivity index (χ0n) is 17.8. The van der Waals surface area contributed by atoms with Gasteiger partial charge in [0.05, 0.1) is 13.2 Å². The molecule has 0 atom stereocenters. The molecule has 1 heterocycles. The largest absolute Gasteiger partial charge is 0.573 e. The zero-order valence-corrected chi connectivity index (χ0v) is 17.8. The standard InChI is InChI=1S/C22H23F3N4O4/c1-32-12-11-28(13-16-7-9-17(10-8-16)33-22(23,24)25)18-19(26)29(21(31)27-20(18)30)14-15-5-3-2-4-6-15/h2-10H,11-14,26H2,1H3,(H,27,30,31). The van der Waals surface area contributed by atoms with Crippen molar-refractivity contribution in [1.29, 1.82) is 0 Å². The number of aromatic amines is 1. The number of aromatic nitrogens is 2. The summed E-state index contributed by atoms with van der Waals surface area (Å²) in [6.45, 7) is 0.767. The topological polar surface area (TPSA) is 103 Å². The van der Waals surface area contributed by atoms with Crippen molar-refractivity contribution in [3.05, 3.63) is 86.6 Å². The Labute approximate surface area is 187 Å². The Balaban J connectivity index is 1.94. The molecule has 3 rings (SSSR count). The molecular formula is C22H23F3N4O4. The molecule has 1 aromatic heterocycles. The lowest BCUT2D eigenvalue weighted by Gasteiger charge is -2.26. The predicted octanol–water partition coefficient (Wildman–Crippen LogP) is 2.72. The van der Waals surface area contributed by atoms with E-state index in [1.54, 1.807) is 4.90 Å². The summed E-state index contributed by atoms with van der Waals surface area (Å²) >= 11 is 0. The highest BCUT2D eigenvalue weighted by atomic mass is 19.4. The fourth-order valence-electron chi connectivity index (χ4n) is 3.29. The highest BCUT2D eigenvalue weighted by molar-refractivity contribution is 5.62. The summed E-state index contributed by atoms with van der Waals surface area (Å²) in [5.74, 6) is -0.385. The summed E-state index contributed by atoms with van der Waals surface area (Å²) in [7, 11) is 1.49. The van der Waals surface area contributed by atoms with Crippen LogP contribution in [0.25, 0.3) is 0 Å². The van der Waals surface area contributed by atoms with Gasteiger partial charge in [-0.1, -0.05) is 42.5 Å². The third-order valence-corrected chi connectivity index (χ3v) is 4.81. The number of hydrogen-bond donors (Lipinski definition) is 2. The molecule has 3 aromatic rings. The van der Waals surface area contributed by atoms with E-state index in [-0.39, 0.29) is 43.5 Å². The molecule has 3 N–H and O–H groups in total. The summed E-state index contributed by atoms with van der Waals surface area (Å²) in [6, 6.07) is 14.4. The molecule has 0 saturated carbocycles. The lowest BCUT2D eigenvalue weighted by Crippen LogP contribution is -2.39. The Bertz CT molecular complexity index is 1180. The molecule has 0 aliphatic heterocycles. The molecule has 0 radical (unpaired) electrons. The number of hydrogen-bond acceptors (Lipinski definition) is 6. The van der Waals surface area contributed by atoms with Crippen LogP contribution < -0.4 is 26.6 Å². The first-order chi connectivity index (χ1) is 15.7. The van der Waals surface area contributed by atoms with Gasteiger partial charge in [0.1, 0.15) is 17.3 Å². The van der Waals surface area contributed by atoms with Gasteiger partial charge in [0, 0.05) is 20.2 Å². The van der Waals surface area contributed by atoms with Gasteiger partial charge < -0.3 is 20.1 Å². The van der Waals surface area contributed by atoms with Crippen LogP contribution in [0, 0.1) is 0 Å². The van der Waals surface area contributed by atoms with Crippen LogP contribution >= 0.6 is 0 Å². The maximum atomic E-state index is 12.7. The minimum atomic E-state index is -4.79. The minimum absolute atomic E-state index is 0.0271. The van der Waals surface area contributed by atoms with Crippen molar-refractivity contribution in [3.8, 4) is 5.75 Å². The fraction of sp³-hybridized carbons (Fsp3) is 0.273. The van der Waals surface area contributed by atoms with Crippen molar-refractivity contribution >= 4 is 11.5 Å². The summed E-state index contributed by atoms with van der Waals surface area (Å²) < 4.78 is 47.5. The van der Waals surface area contributed by atoms with Crippen LogP contribution in [-0.4, -0.2) is 36.2 Å². The van der Waals surface area contributed by atoms with Crippen molar-refractivity contribution < 1.29 is 22.6 Å². The molecule has 0 aliphatic carbocycles. The van der Waals surface area contributed by atoms with Crippen molar-refractivity contribution in [1.82, 2.24) is 9.55 Å². The molecule has 0 amide bonds. The Hall–Kier alpha value is -3.73. The van der Waals surface area contributed by atoms with Gasteiger partial charge in [0.15, 0.2) is 0 Å². The number of rotatable bonds is 9. The second-order valence-electron chi connectivity index (χ2n) is 7.17. The first kappa shape index (κ1) is 23.9. The number of nitrogens with zero attached hydrogens (tertiary/aromatic N) is 2. The lowest BCUT2D eigenvalue weighted by molar-refractivity contribution is -0.274. The van der Waals surface area contributed by atoms with Gasteiger partial charge in [-0.2, -0.15) is 0 Å². The average Bonchev–Trinajstić information content (AvgIpc) is 2.75. The van der Waals surface area contributed by atoms with Gasteiger partial charge in [-0.15, -0.1) is 13.2 Å². The normalized spacial score (nSPS) is 11.4. The smallest absolute Gasteiger partial charge is 0.406 e. The van der Waals surface area contributed by atoms with Crippen LogP contribution in [0.5, 0.6) is 5.75 Å². The highest BCUT2D eigenvalue weighted by Crippen LogP contribution is 2.24. The molecular weight excluding hydrogens is 441 g/mol. The number of nitrogens with one attached hydrogen (secondary N) is 1. The Morgan fingerprint density at radius 3 is 2.30 bits per heavy atom. The molecule has 176 valence electrons. The Kier molecular flexibility index (Phi) is 7.44. The third-order valence-electron chi connectivity index (χ3n) is 4.81. The number of benzene rings is 2. The number of nitrogens with two attached hydrogens (primary N) is 1. The first-order valence-electron chi connectivity index (χ1n) is 9.93. The van der Waals surface area contributed by atoms with Crippen LogP contribution in [-0.2, 0) is 17.8 Å². The molecule has 11 heteroatoms. The van der Waals surface area contributed by atoms with Gasteiger partial charge in [-0.3, -0.25) is 14.3 Å². The molecule has 0 unspecified atom stereocenters. The second kappa shape index (κ2) is 10.3. The minimum Gasteiger partial charge on any atom is -0.406 e. The lowest BCUT2D eigenvalue weighted by atomic mass is 10.2. The van der Waals surface area contributed by atoms with Crippen LogP contribution in [0.4, 0.5) is 24.7 Å². The monoisotopic (exact) mass is 464 g/mol. The second-order valence-corrected chi connectivity index (χ2v) is 7.17. The van der Waals surface area contributed by atoms with Gasteiger partial charge in [0.25, 0.3) is 5.56 Å². The van der Waals surface area contributed by atoms with E-state index in [2.05, 4.69) is 9.72 Å². The summed E-state index contributed by atoms with van der Waals surface area (Å²) in [4.78, 5) is 29.0. The van der Waals surface area contributed by atoms with E-state index in [4.69, 9.17) is 10.5 Å². The summed E-state index contributed by atoms with van der Waals surface area (Å²) in [6.07, 6.45) is -4.79. The quantitative estimate of drug-likeness (QED) is 0.505. The number of methoxy groups -OCH3 is 1. The highest BCUT2D eigenvalue weighted by Gasteiger charge is 2.31. The van der Waals surface area contributed by atoms with Gasteiger partial charge in [-0.05, 0) is 23.3 Å². The number of H-pyrrole nitrogens is 1. The van der Waals surface area contributed by atoms with E-state index in [1.807, 2.05) is 30.3 Å². The van der Waals surface area contributed by atoms with E-state index in [1.165, 1.54) is 35.9 Å². The van der Waals surface area contributed by atoms with Gasteiger partial charge in [-0.25, -0.2) is 4.79 Å². The van der Waals surface area contributed by atoms with Crippen molar-refractivity contribution in [2.45, 2.75) is 19.5 Å². The number of nitrogen functional groups attached to an aromatic ring is 1. The fourth-order valence-corrected chi connectivity index (χ4v) is 3.29. The molecule has 33 heavy (non-hydrogen) atoms. The maximum absolute atomic E-state index is 12.7. The van der Waals surface area contributed by atoms with Crippen LogP contribution in [0.2, 0.25) is 0 Å². The van der Waals surface area contributed by atoms with E-state index in [0.717, 1.165) is 5.56 Å². The maximum Gasteiger partial charge on any atom is 0.573 e. The number of anilines is 2. The van der Waals surface area contributed by atoms with Crippen molar-refractivity contribution in [2.75, 3.05) is 30.9 Å². The number of ether oxygens (including phenoxy) is 2. The zero-order chi connectivity index (χ0) is 24.0. The van der Waals surface area contributed by atoms with Crippen LogP contribution in [0.1, 0.15) is 11.1 Å². The molecule has 8 nitrogen and oxygen atoms in total. The SMILES string of the molecule is COCCN(Cc1ccc(OC(F)(F)F)cc1)c1c(N)n(Cc2ccccc2)c(=O)[nH]c1=O. The third kappa shape index (κ3) is 6.39. The molecule has 0 bridgehead atoms. The van der Waals surface area contributed by atoms with E-state index < -0.39 is 17.6 Å². The number of alkyl halides is 3. The first-order valence-corrected chi connectivity index (χ1v) is 9.93. The Morgan fingerprint density at radius 1 is 1.03 bits per heavy atom. The van der Waals surface area contributed by atoms with Gasteiger partial charge in [0.2, 0.25) is 0 Å². The van der Waals surface area contributed by atoms with Crippen molar-refractivity contribution in [3.63, 3.8) is 0 Å². The molecule has 0 spiro atoms. The predicted molar refractivity (Wildman–Crippen MR) is 117 cm³/mol. The molecule has 0 fully saturated rings. The van der Waals surface area contributed by atoms with Crippen LogP contribution in [0.15, 0.2) is 64.2 Å². The van der Waals surface area contributed by atoms with E-state index >= 15 is 0 Å². The number of halogens is 3. The van der Waals surface area contributed by atoms with Crippen molar-refractivity contribution in [2.24, 2.45) is 0 Å². The summed E-state index contributed by atoms with van der Waals surface area (Å²) in [5, 5.41) is 0. The van der Waals surface area contributed by atoms with Crippen LogP contribution in [0.3, 0.4) is 0 Å². The van der Waals surface area contributed by atoms with E-state index in [9.17, 15) is 22.8 Å². The molecule has 2 aromatic carbocycles.